The Bertz CT molecular complexity index is 677. The Kier molecular flexibility index (Phi) is 8.03. The van der Waals surface area contributed by atoms with Crippen molar-refractivity contribution in [2.75, 3.05) is 13.1 Å². The third kappa shape index (κ3) is 4.91. The molecule has 28 heavy (non-hydrogen) atoms. The predicted octanol–water partition coefficient (Wildman–Crippen LogP) is 3.57. The molecule has 1 aromatic carbocycles. The number of carbonyl (C=O) groups is 3. The van der Waals surface area contributed by atoms with Crippen LogP contribution in [0.25, 0.3) is 0 Å². The highest BCUT2D eigenvalue weighted by Crippen LogP contribution is 2.33. The van der Waals surface area contributed by atoms with Crippen molar-refractivity contribution in [3.63, 3.8) is 0 Å². The van der Waals surface area contributed by atoms with E-state index in [2.05, 4.69) is 24.5 Å². The molecule has 6 heteroatoms. The number of hydrogen-bond acceptors (Lipinski definition) is 3. The number of benzene rings is 1. The number of unbranched alkanes of at least 4 members (excludes halogenated alkanes) is 1. The van der Waals surface area contributed by atoms with Crippen molar-refractivity contribution >= 4 is 17.8 Å². The average Bonchev–Trinajstić information content (AvgIpc) is 2.94. The minimum atomic E-state index is -1.08. The smallest absolute Gasteiger partial charge is 0.325 e. The van der Waals surface area contributed by atoms with Gasteiger partial charge < -0.3 is 10.6 Å². The number of amides is 4. The Morgan fingerprint density at radius 3 is 2.46 bits per heavy atom. The van der Waals surface area contributed by atoms with Crippen LogP contribution in [-0.4, -0.2) is 35.8 Å². The highest BCUT2D eigenvalue weighted by molar-refractivity contribution is 6.09. The van der Waals surface area contributed by atoms with Gasteiger partial charge >= 0.3 is 6.03 Å². The fourth-order valence-electron chi connectivity index (χ4n) is 3.78. The van der Waals surface area contributed by atoms with Crippen LogP contribution in [0.3, 0.4) is 0 Å². The van der Waals surface area contributed by atoms with Crippen LogP contribution in [0, 0.1) is 5.92 Å². The van der Waals surface area contributed by atoms with Gasteiger partial charge in [-0.2, -0.15) is 0 Å². The number of imide groups is 1. The van der Waals surface area contributed by atoms with Gasteiger partial charge in [-0.25, -0.2) is 4.79 Å². The third-order valence-electron chi connectivity index (χ3n) is 5.50. The third-order valence-corrected chi connectivity index (χ3v) is 5.50. The minimum absolute atomic E-state index is 0.243. The van der Waals surface area contributed by atoms with Gasteiger partial charge in [0, 0.05) is 6.54 Å². The van der Waals surface area contributed by atoms with Gasteiger partial charge in [0.05, 0.1) is 0 Å². The summed E-state index contributed by atoms with van der Waals surface area (Å²) in [6, 6.07) is 8.76. The Balaban J connectivity index is 2.05. The minimum Gasteiger partial charge on any atom is -0.354 e. The van der Waals surface area contributed by atoms with Crippen molar-refractivity contribution < 1.29 is 14.4 Å². The standard InChI is InChI=1S/C22H33N3O3/c1-4-7-11-17(6-3)15-23-19(26)16-25-20(27)22(14-5-2,24-21(25)28)18-12-9-8-10-13-18/h8-10,12-13,17H,4-7,11,14-16H2,1-3H3,(H,23,26)(H,24,28)/t17-,22+/m1/s1. The van der Waals surface area contributed by atoms with Gasteiger partial charge in [-0.05, 0) is 24.3 Å². The maximum Gasteiger partial charge on any atom is 0.325 e. The van der Waals surface area contributed by atoms with Gasteiger partial charge in [0.25, 0.3) is 5.91 Å². The number of urea groups is 1. The molecule has 0 spiro atoms. The predicted molar refractivity (Wildman–Crippen MR) is 110 cm³/mol. The summed E-state index contributed by atoms with van der Waals surface area (Å²) in [5.74, 6) is -0.215. The van der Waals surface area contributed by atoms with Gasteiger partial charge in [-0.1, -0.05) is 76.8 Å². The molecule has 1 fully saturated rings. The van der Waals surface area contributed by atoms with E-state index in [1.165, 1.54) is 0 Å². The van der Waals surface area contributed by atoms with E-state index in [1.807, 2.05) is 37.3 Å². The van der Waals surface area contributed by atoms with Crippen LogP contribution in [0.15, 0.2) is 30.3 Å². The van der Waals surface area contributed by atoms with Crippen molar-refractivity contribution in [2.24, 2.45) is 5.92 Å². The molecule has 1 aliphatic heterocycles. The largest absolute Gasteiger partial charge is 0.354 e. The normalized spacial score (nSPS) is 20.2. The van der Waals surface area contributed by atoms with Crippen LogP contribution >= 0.6 is 0 Å². The summed E-state index contributed by atoms with van der Waals surface area (Å²) >= 11 is 0. The zero-order valence-corrected chi connectivity index (χ0v) is 17.3. The van der Waals surface area contributed by atoms with E-state index in [1.54, 1.807) is 0 Å². The molecule has 0 radical (unpaired) electrons. The van der Waals surface area contributed by atoms with Gasteiger partial charge in [0.1, 0.15) is 12.1 Å². The second-order valence-corrected chi connectivity index (χ2v) is 7.56. The van der Waals surface area contributed by atoms with E-state index in [9.17, 15) is 14.4 Å². The van der Waals surface area contributed by atoms with Crippen molar-refractivity contribution in [3.8, 4) is 0 Å². The molecule has 1 saturated heterocycles. The maximum atomic E-state index is 13.2. The Morgan fingerprint density at radius 2 is 1.86 bits per heavy atom. The maximum absolute atomic E-state index is 13.2. The number of nitrogens with one attached hydrogen (secondary N) is 2. The van der Waals surface area contributed by atoms with E-state index in [4.69, 9.17) is 0 Å². The number of nitrogens with zero attached hydrogens (tertiary/aromatic N) is 1. The van der Waals surface area contributed by atoms with Crippen LogP contribution in [-0.2, 0) is 15.1 Å². The molecule has 0 aliphatic carbocycles. The molecule has 4 amide bonds. The van der Waals surface area contributed by atoms with Crippen LogP contribution in [0.2, 0.25) is 0 Å². The Labute approximate surface area is 168 Å². The quantitative estimate of drug-likeness (QED) is 0.570. The monoisotopic (exact) mass is 387 g/mol. The summed E-state index contributed by atoms with van der Waals surface area (Å²) < 4.78 is 0. The van der Waals surface area contributed by atoms with Crippen LogP contribution in [0.1, 0.15) is 64.9 Å². The zero-order valence-electron chi connectivity index (χ0n) is 17.3. The lowest BCUT2D eigenvalue weighted by atomic mass is 9.85. The highest BCUT2D eigenvalue weighted by Gasteiger charge is 2.52. The molecule has 0 bridgehead atoms. The van der Waals surface area contributed by atoms with Crippen molar-refractivity contribution in [2.45, 2.75) is 64.8 Å². The molecule has 0 unspecified atom stereocenters. The van der Waals surface area contributed by atoms with Crippen LogP contribution in [0.4, 0.5) is 4.79 Å². The molecule has 1 aliphatic rings. The van der Waals surface area contributed by atoms with Crippen molar-refractivity contribution in [1.82, 2.24) is 15.5 Å². The second kappa shape index (κ2) is 10.2. The van der Waals surface area contributed by atoms with Crippen molar-refractivity contribution in [1.29, 1.82) is 0 Å². The van der Waals surface area contributed by atoms with E-state index in [0.717, 1.165) is 42.6 Å². The van der Waals surface area contributed by atoms with Crippen molar-refractivity contribution in [3.05, 3.63) is 35.9 Å². The summed E-state index contributed by atoms with van der Waals surface area (Å²) in [4.78, 5) is 39.1. The summed E-state index contributed by atoms with van der Waals surface area (Å²) in [5.41, 5.74) is -0.329. The van der Waals surface area contributed by atoms with E-state index in [0.29, 0.717) is 18.9 Å². The van der Waals surface area contributed by atoms with Crippen LogP contribution in [0.5, 0.6) is 0 Å². The summed E-state index contributed by atoms with van der Waals surface area (Å²) in [6.45, 7) is 6.58. The summed E-state index contributed by atoms with van der Waals surface area (Å²) in [6.07, 6.45) is 5.57. The van der Waals surface area contributed by atoms with Gasteiger partial charge in [-0.3, -0.25) is 14.5 Å². The zero-order chi connectivity index (χ0) is 20.6. The van der Waals surface area contributed by atoms with Gasteiger partial charge in [0.2, 0.25) is 5.91 Å². The number of rotatable bonds is 11. The molecule has 6 nitrogen and oxygen atoms in total. The topological polar surface area (TPSA) is 78.5 Å². The molecule has 2 N–H and O–H groups in total. The molecule has 2 atom stereocenters. The first-order valence-electron chi connectivity index (χ1n) is 10.4. The fraction of sp³-hybridized carbons (Fsp3) is 0.591. The lowest BCUT2D eigenvalue weighted by Gasteiger charge is -2.27. The second-order valence-electron chi connectivity index (χ2n) is 7.56. The van der Waals surface area contributed by atoms with E-state index in [-0.39, 0.29) is 18.4 Å². The number of hydrogen-bond donors (Lipinski definition) is 2. The molecule has 1 heterocycles. The molecular formula is C22H33N3O3. The summed E-state index contributed by atoms with van der Waals surface area (Å²) in [5, 5.41) is 5.75. The van der Waals surface area contributed by atoms with Crippen LogP contribution < -0.4 is 10.6 Å². The van der Waals surface area contributed by atoms with Gasteiger partial charge in [-0.15, -0.1) is 0 Å². The first kappa shape index (κ1) is 21.9. The molecule has 2 rings (SSSR count). The molecular weight excluding hydrogens is 354 g/mol. The fourth-order valence-corrected chi connectivity index (χ4v) is 3.78. The van der Waals surface area contributed by atoms with E-state index >= 15 is 0 Å². The first-order valence-corrected chi connectivity index (χ1v) is 10.4. The SMILES string of the molecule is CCCC[C@@H](CC)CNC(=O)CN1C(=O)N[C@@](CCC)(c2ccccc2)C1=O. The molecule has 154 valence electrons. The Hall–Kier alpha value is -2.37. The highest BCUT2D eigenvalue weighted by atomic mass is 16.2. The molecule has 0 aromatic heterocycles. The molecule has 1 aromatic rings. The first-order chi connectivity index (χ1) is 13.5. The number of carbonyl (C=O) groups excluding carboxylic acids is 3. The average molecular weight is 388 g/mol. The van der Waals surface area contributed by atoms with E-state index < -0.39 is 11.6 Å². The van der Waals surface area contributed by atoms with Gasteiger partial charge in [0.15, 0.2) is 0 Å². The lowest BCUT2D eigenvalue weighted by Crippen LogP contribution is -2.45. The lowest BCUT2D eigenvalue weighted by molar-refractivity contribution is -0.135. The molecule has 0 saturated carbocycles. The summed E-state index contributed by atoms with van der Waals surface area (Å²) in [7, 11) is 0. The Morgan fingerprint density at radius 1 is 1.14 bits per heavy atom.